The normalized spacial score (nSPS) is 12.8. The number of aromatic hydroxyl groups is 1. The Balaban J connectivity index is 2.31. The summed E-state index contributed by atoms with van der Waals surface area (Å²) in [6, 6.07) is 7.04. The van der Waals surface area contributed by atoms with Crippen molar-refractivity contribution in [3.05, 3.63) is 24.3 Å². The molecular formula is C12H19NO3. The Hall–Kier alpha value is -1.26. The number of phenols is 1. The third-order valence-electron chi connectivity index (χ3n) is 2.06. The standard InChI is InChI=1S/C12H19NO3/c1-9(2)13-7-10(14)8-16-12-6-4-3-5-11(12)15/h3-6,9-10,13-15H,7-8H2,1-2H3. The minimum absolute atomic E-state index is 0.0894. The largest absolute Gasteiger partial charge is 0.504 e. The van der Waals surface area contributed by atoms with Crippen molar-refractivity contribution in [1.29, 1.82) is 0 Å². The van der Waals surface area contributed by atoms with E-state index in [1.165, 1.54) is 0 Å². The van der Waals surface area contributed by atoms with Gasteiger partial charge in [-0.05, 0) is 12.1 Å². The zero-order valence-corrected chi connectivity index (χ0v) is 9.68. The van der Waals surface area contributed by atoms with E-state index in [0.717, 1.165) is 0 Å². The van der Waals surface area contributed by atoms with Crippen LogP contribution in [0.2, 0.25) is 0 Å². The Kier molecular flexibility index (Phi) is 5.08. The van der Waals surface area contributed by atoms with E-state index in [-0.39, 0.29) is 12.4 Å². The number of benzene rings is 1. The van der Waals surface area contributed by atoms with Gasteiger partial charge in [0.15, 0.2) is 11.5 Å². The molecule has 1 aromatic rings. The van der Waals surface area contributed by atoms with Crippen molar-refractivity contribution in [2.75, 3.05) is 13.2 Å². The number of nitrogens with one attached hydrogen (secondary N) is 1. The monoisotopic (exact) mass is 225 g/mol. The highest BCUT2D eigenvalue weighted by atomic mass is 16.5. The van der Waals surface area contributed by atoms with Gasteiger partial charge in [-0.25, -0.2) is 0 Å². The minimum atomic E-state index is -0.581. The van der Waals surface area contributed by atoms with Gasteiger partial charge in [-0.3, -0.25) is 0 Å². The molecule has 0 saturated heterocycles. The third-order valence-corrected chi connectivity index (χ3v) is 2.06. The molecule has 0 radical (unpaired) electrons. The molecule has 1 aromatic carbocycles. The zero-order valence-electron chi connectivity index (χ0n) is 9.68. The molecule has 0 saturated carbocycles. The predicted molar refractivity (Wildman–Crippen MR) is 62.7 cm³/mol. The highest BCUT2D eigenvalue weighted by Gasteiger charge is 2.07. The maximum Gasteiger partial charge on any atom is 0.161 e. The van der Waals surface area contributed by atoms with Gasteiger partial charge in [0.05, 0.1) is 0 Å². The van der Waals surface area contributed by atoms with Crippen LogP contribution in [0.3, 0.4) is 0 Å². The van der Waals surface area contributed by atoms with Crippen molar-refractivity contribution in [2.24, 2.45) is 0 Å². The quantitative estimate of drug-likeness (QED) is 0.679. The van der Waals surface area contributed by atoms with Crippen LogP contribution in [0, 0.1) is 0 Å². The van der Waals surface area contributed by atoms with Crippen molar-refractivity contribution in [3.63, 3.8) is 0 Å². The van der Waals surface area contributed by atoms with Crippen LogP contribution in [0.4, 0.5) is 0 Å². The lowest BCUT2D eigenvalue weighted by Crippen LogP contribution is -2.35. The number of aliphatic hydroxyl groups is 1. The number of hydrogen-bond acceptors (Lipinski definition) is 4. The zero-order chi connectivity index (χ0) is 12.0. The molecule has 1 rings (SSSR count). The SMILES string of the molecule is CC(C)NCC(O)COc1ccccc1O. The Morgan fingerprint density at radius 3 is 2.62 bits per heavy atom. The van der Waals surface area contributed by atoms with E-state index < -0.39 is 6.10 Å². The first-order valence-electron chi connectivity index (χ1n) is 5.42. The van der Waals surface area contributed by atoms with Crippen molar-refractivity contribution < 1.29 is 14.9 Å². The lowest BCUT2D eigenvalue weighted by molar-refractivity contribution is 0.103. The molecule has 1 atom stereocenters. The number of para-hydroxylation sites is 2. The van der Waals surface area contributed by atoms with Gasteiger partial charge in [-0.2, -0.15) is 0 Å². The van der Waals surface area contributed by atoms with Gasteiger partial charge >= 0.3 is 0 Å². The van der Waals surface area contributed by atoms with E-state index in [1.54, 1.807) is 24.3 Å². The second-order valence-corrected chi connectivity index (χ2v) is 4.00. The van der Waals surface area contributed by atoms with Crippen LogP contribution in [0.5, 0.6) is 11.5 Å². The van der Waals surface area contributed by atoms with Gasteiger partial charge in [0.2, 0.25) is 0 Å². The van der Waals surface area contributed by atoms with Crippen LogP contribution in [0.1, 0.15) is 13.8 Å². The first-order valence-corrected chi connectivity index (χ1v) is 5.42. The van der Waals surface area contributed by atoms with E-state index in [9.17, 15) is 10.2 Å². The Morgan fingerprint density at radius 2 is 2.00 bits per heavy atom. The summed E-state index contributed by atoms with van der Waals surface area (Å²) in [4.78, 5) is 0. The summed E-state index contributed by atoms with van der Waals surface area (Å²) in [7, 11) is 0. The molecule has 4 nitrogen and oxygen atoms in total. The molecule has 0 fully saturated rings. The molecule has 0 aliphatic carbocycles. The summed E-state index contributed by atoms with van der Waals surface area (Å²) in [5.41, 5.74) is 0. The number of phenolic OH excluding ortho intramolecular Hbond substituents is 1. The fourth-order valence-electron chi connectivity index (χ4n) is 1.20. The van der Waals surface area contributed by atoms with E-state index in [4.69, 9.17) is 4.74 Å². The fraction of sp³-hybridized carbons (Fsp3) is 0.500. The van der Waals surface area contributed by atoms with Gasteiger partial charge in [0.25, 0.3) is 0 Å². The summed E-state index contributed by atoms with van der Waals surface area (Å²) < 4.78 is 5.29. The lowest BCUT2D eigenvalue weighted by Gasteiger charge is -2.15. The van der Waals surface area contributed by atoms with Crippen molar-refractivity contribution in [3.8, 4) is 11.5 Å². The average Bonchev–Trinajstić information content (AvgIpc) is 2.25. The molecule has 3 N–H and O–H groups in total. The lowest BCUT2D eigenvalue weighted by atomic mass is 10.3. The first kappa shape index (κ1) is 12.8. The molecule has 4 heteroatoms. The van der Waals surface area contributed by atoms with Gasteiger partial charge in [0, 0.05) is 12.6 Å². The molecule has 0 aliphatic heterocycles. The highest BCUT2D eigenvalue weighted by molar-refractivity contribution is 5.37. The molecule has 0 amide bonds. The van der Waals surface area contributed by atoms with E-state index in [0.29, 0.717) is 18.3 Å². The summed E-state index contributed by atoms with van der Waals surface area (Å²) in [5, 5.41) is 22.1. The third kappa shape index (κ3) is 4.51. The highest BCUT2D eigenvalue weighted by Crippen LogP contribution is 2.24. The smallest absolute Gasteiger partial charge is 0.161 e. The summed E-state index contributed by atoms with van der Waals surface area (Å²) in [6.45, 7) is 4.66. The maximum absolute atomic E-state index is 9.58. The van der Waals surface area contributed by atoms with E-state index in [1.807, 2.05) is 13.8 Å². The molecule has 0 bridgehead atoms. The molecule has 0 aliphatic rings. The van der Waals surface area contributed by atoms with Crippen LogP contribution in [-0.4, -0.2) is 35.5 Å². The van der Waals surface area contributed by atoms with Crippen LogP contribution in [0.15, 0.2) is 24.3 Å². The van der Waals surface area contributed by atoms with Crippen LogP contribution < -0.4 is 10.1 Å². The predicted octanol–water partition coefficient (Wildman–Crippen LogP) is 1.13. The average molecular weight is 225 g/mol. The molecule has 1 unspecified atom stereocenters. The fourth-order valence-corrected chi connectivity index (χ4v) is 1.20. The van der Waals surface area contributed by atoms with Gasteiger partial charge < -0.3 is 20.3 Å². The molecular weight excluding hydrogens is 206 g/mol. The molecule has 0 aromatic heterocycles. The van der Waals surface area contributed by atoms with Gasteiger partial charge in [-0.1, -0.05) is 26.0 Å². The Morgan fingerprint density at radius 1 is 1.31 bits per heavy atom. The number of rotatable bonds is 6. The minimum Gasteiger partial charge on any atom is -0.504 e. The number of ether oxygens (including phenoxy) is 1. The maximum atomic E-state index is 9.58. The second-order valence-electron chi connectivity index (χ2n) is 4.00. The van der Waals surface area contributed by atoms with Crippen molar-refractivity contribution in [2.45, 2.75) is 26.0 Å². The Bertz CT molecular complexity index is 315. The topological polar surface area (TPSA) is 61.7 Å². The van der Waals surface area contributed by atoms with Gasteiger partial charge in [0.1, 0.15) is 12.7 Å². The first-order chi connectivity index (χ1) is 7.59. The van der Waals surface area contributed by atoms with E-state index >= 15 is 0 Å². The number of aliphatic hydroxyl groups excluding tert-OH is 1. The second kappa shape index (κ2) is 6.35. The van der Waals surface area contributed by atoms with Crippen molar-refractivity contribution in [1.82, 2.24) is 5.32 Å². The summed E-state index contributed by atoms with van der Waals surface area (Å²) in [6.07, 6.45) is -0.581. The molecule has 16 heavy (non-hydrogen) atoms. The molecule has 0 spiro atoms. The Labute approximate surface area is 95.9 Å². The van der Waals surface area contributed by atoms with Crippen molar-refractivity contribution >= 4 is 0 Å². The van der Waals surface area contributed by atoms with Gasteiger partial charge in [-0.15, -0.1) is 0 Å². The van der Waals surface area contributed by atoms with E-state index in [2.05, 4.69) is 5.32 Å². The van der Waals surface area contributed by atoms with Crippen LogP contribution in [-0.2, 0) is 0 Å². The number of hydrogen-bond donors (Lipinski definition) is 3. The summed E-state index contributed by atoms with van der Waals surface area (Å²) >= 11 is 0. The van der Waals surface area contributed by atoms with Crippen LogP contribution in [0.25, 0.3) is 0 Å². The summed E-state index contributed by atoms with van der Waals surface area (Å²) in [5.74, 6) is 0.484. The van der Waals surface area contributed by atoms with Crippen LogP contribution >= 0.6 is 0 Å². The molecule has 90 valence electrons. The molecule has 0 heterocycles.